The molecule has 0 bridgehead atoms. The Balaban J connectivity index is 1.09. The van der Waals surface area contributed by atoms with Crippen LogP contribution in [0.25, 0.3) is 61.1 Å². The molecule has 0 saturated heterocycles. The molecule has 7 heteroatoms. The van der Waals surface area contributed by atoms with Crippen LogP contribution in [0.15, 0.2) is 205 Å². The van der Waals surface area contributed by atoms with Gasteiger partial charge in [-0.3, -0.25) is 4.57 Å². The minimum Gasteiger partial charge on any atom is -0.456 e. The Morgan fingerprint density at radius 1 is 0.470 bits per heavy atom. The van der Waals surface area contributed by atoms with Gasteiger partial charge in [0.2, 0.25) is 11.9 Å². The number of furan rings is 1. The lowest BCUT2D eigenvalue weighted by atomic mass is 9.61. The Labute approximate surface area is 384 Å². The molecule has 2 unspecified atom stereocenters. The van der Waals surface area contributed by atoms with Crippen LogP contribution in [0.2, 0.25) is 0 Å². The molecule has 0 N–H and O–H groups in total. The smallest absolute Gasteiger partial charge is 0.240 e. The monoisotopic (exact) mass is 869 g/mol. The number of rotatable bonds is 7. The van der Waals surface area contributed by atoms with E-state index in [-0.39, 0.29) is 11.0 Å². The summed E-state index contributed by atoms with van der Waals surface area (Å²) in [4.78, 5) is 19.2. The van der Waals surface area contributed by atoms with Gasteiger partial charge in [0.1, 0.15) is 11.2 Å². The van der Waals surface area contributed by atoms with Gasteiger partial charge in [0, 0.05) is 38.2 Å². The van der Waals surface area contributed by atoms with Crippen molar-refractivity contribution in [2.45, 2.75) is 50.5 Å². The highest BCUT2D eigenvalue weighted by Gasteiger charge is 2.58. The number of para-hydroxylation sites is 4. The Bertz CT molecular complexity index is 3580. The molecule has 13 rings (SSSR count). The minimum atomic E-state index is -3.05. The van der Waals surface area contributed by atoms with Crippen LogP contribution in [0.4, 0.5) is 11.6 Å². The van der Waals surface area contributed by atoms with Crippen molar-refractivity contribution in [2.75, 3.05) is 4.90 Å². The lowest BCUT2D eigenvalue weighted by Gasteiger charge is -2.49. The van der Waals surface area contributed by atoms with Gasteiger partial charge < -0.3 is 9.32 Å². The molecule has 0 spiro atoms. The first-order chi connectivity index (χ1) is 32.5. The first kappa shape index (κ1) is 38.8. The topological polar surface area (TPSA) is 60.0 Å². The normalized spacial score (nSPS) is 18.3. The van der Waals surface area contributed by atoms with Crippen LogP contribution in [0, 0.1) is 0 Å². The molecule has 3 aromatic heterocycles. The lowest BCUT2D eigenvalue weighted by molar-refractivity contribution is 0.193. The quantitative estimate of drug-likeness (QED) is 0.118. The van der Waals surface area contributed by atoms with E-state index in [9.17, 15) is 0 Å². The van der Waals surface area contributed by atoms with Crippen LogP contribution in [0.1, 0.15) is 45.1 Å². The third-order valence-electron chi connectivity index (χ3n) is 15.4. The van der Waals surface area contributed by atoms with Crippen molar-refractivity contribution >= 4 is 84.2 Å². The predicted molar refractivity (Wildman–Crippen MR) is 273 cm³/mol. The number of hydrogen-bond donors (Lipinski definition) is 0. The SMILES string of the molecule is CC12CCCCC1(C)N(c1nc(-c3cccc([Si](c4ccccc4)(c4ccccc4)c4ccc5c(c4)oc4ccccc45)c3)nc(-n3c4ccccc4c4ccccc43)n1)c1ccccc12. The largest absolute Gasteiger partial charge is 0.456 e. The summed E-state index contributed by atoms with van der Waals surface area (Å²) in [6.07, 6.45) is 4.51. The Hall–Kier alpha value is -7.61. The molecule has 6 nitrogen and oxygen atoms in total. The molecular formula is C59H47N5OSi. The van der Waals surface area contributed by atoms with E-state index in [1.165, 1.54) is 49.2 Å². The fourth-order valence-corrected chi connectivity index (χ4v) is 16.8. The van der Waals surface area contributed by atoms with Crippen LogP contribution < -0.4 is 25.6 Å². The van der Waals surface area contributed by atoms with Crippen molar-refractivity contribution in [1.82, 2.24) is 19.5 Å². The van der Waals surface area contributed by atoms with Gasteiger partial charge in [-0.25, -0.2) is 0 Å². The summed E-state index contributed by atoms with van der Waals surface area (Å²) < 4.78 is 8.87. The summed E-state index contributed by atoms with van der Waals surface area (Å²) in [5.41, 5.74) is 7.09. The molecule has 318 valence electrons. The number of aromatic nitrogens is 4. The summed E-state index contributed by atoms with van der Waals surface area (Å²) in [5.74, 6) is 1.92. The molecule has 11 aromatic rings. The van der Waals surface area contributed by atoms with Gasteiger partial charge in [0.05, 0.1) is 16.6 Å². The average molecular weight is 870 g/mol. The highest BCUT2D eigenvalue weighted by molar-refractivity contribution is 7.20. The van der Waals surface area contributed by atoms with Gasteiger partial charge in [-0.2, -0.15) is 15.0 Å². The van der Waals surface area contributed by atoms with Crippen molar-refractivity contribution in [1.29, 1.82) is 0 Å². The standard InChI is InChI=1S/C59H47N5OSi/c1-58-36-17-18-37-59(58,2)64(52-32-15-12-29-49(52)58)57-61-55(60-56(62-57)63-50-30-13-9-26-45(50)46-27-10-14-31-51(46)63)40-20-19-25-43(38-40)66(41-21-5-3-6-22-41,42-23-7-4-8-24-42)44-34-35-48-47-28-11-16-33-53(47)65-54(48)39-44/h3-16,19-35,38-39H,17-18,36-37H2,1-2H3. The Kier molecular flexibility index (Phi) is 8.65. The molecule has 0 amide bonds. The van der Waals surface area contributed by atoms with Gasteiger partial charge in [-0.1, -0.05) is 190 Å². The first-order valence-corrected chi connectivity index (χ1v) is 25.2. The molecule has 1 aliphatic carbocycles. The van der Waals surface area contributed by atoms with E-state index in [2.05, 4.69) is 217 Å². The highest BCUT2D eigenvalue weighted by Crippen LogP contribution is 2.60. The number of hydrogen-bond acceptors (Lipinski definition) is 5. The van der Waals surface area contributed by atoms with Gasteiger partial charge in [0.25, 0.3) is 0 Å². The summed E-state index contributed by atoms with van der Waals surface area (Å²) in [5, 5.41) is 9.61. The summed E-state index contributed by atoms with van der Waals surface area (Å²) in [6.45, 7) is 4.90. The van der Waals surface area contributed by atoms with Crippen molar-refractivity contribution in [3.8, 4) is 17.3 Å². The van der Waals surface area contributed by atoms with E-state index in [0.29, 0.717) is 17.7 Å². The summed E-state index contributed by atoms with van der Waals surface area (Å²) in [6, 6.07) is 72.6. The molecule has 2 atom stereocenters. The second-order valence-corrected chi connectivity index (χ2v) is 22.5. The third kappa shape index (κ3) is 5.50. The fraction of sp³-hybridized carbons (Fsp3) is 0.136. The van der Waals surface area contributed by atoms with Gasteiger partial charge in [-0.15, -0.1) is 0 Å². The van der Waals surface area contributed by atoms with Crippen LogP contribution >= 0.6 is 0 Å². The average Bonchev–Trinajstić information content (AvgIpc) is 3.98. The van der Waals surface area contributed by atoms with Crippen LogP contribution in [0.3, 0.4) is 0 Å². The first-order valence-electron chi connectivity index (χ1n) is 23.2. The molecule has 8 aromatic carbocycles. The molecule has 2 aliphatic rings. The summed E-state index contributed by atoms with van der Waals surface area (Å²) >= 11 is 0. The highest BCUT2D eigenvalue weighted by atomic mass is 28.3. The molecule has 1 aliphatic heterocycles. The van der Waals surface area contributed by atoms with E-state index < -0.39 is 8.07 Å². The Morgan fingerprint density at radius 2 is 1.05 bits per heavy atom. The number of benzene rings is 8. The number of anilines is 2. The maximum Gasteiger partial charge on any atom is 0.240 e. The number of fused-ring (bicyclic) bond motifs is 9. The second kappa shape index (κ2) is 14.7. The second-order valence-electron chi connectivity index (χ2n) is 18.7. The van der Waals surface area contributed by atoms with E-state index >= 15 is 0 Å². The zero-order valence-corrected chi connectivity index (χ0v) is 38.0. The van der Waals surface area contributed by atoms with E-state index in [4.69, 9.17) is 19.4 Å². The van der Waals surface area contributed by atoms with Gasteiger partial charge in [-0.05, 0) is 76.4 Å². The van der Waals surface area contributed by atoms with Crippen LogP contribution in [-0.2, 0) is 5.41 Å². The van der Waals surface area contributed by atoms with E-state index in [1.54, 1.807) is 0 Å². The fourth-order valence-electron chi connectivity index (χ4n) is 12.1. The van der Waals surface area contributed by atoms with E-state index in [0.717, 1.165) is 57.8 Å². The molecule has 1 fully saturated rings. The predicted octanol–water partition coefficient (Wildman–Crippen LogP) is 11.7. The van der Waals surface area contributed by atoms with Crippen molar-refractivity contribution < 1.29 is 4.42 Å². The molecule has 1 saturated carbocycles. The lowest BCUT2D eigenvalue weighted by Crippen LogP contribution is -2.74. The molecule has 4 heterocycles. The van der Waals surface area contributed by atoms with Gasteiger partial charge in [0.15, 0.2) is 13.9 Å². The van der Waals surface area contributed by atoms with Gasteiger partial charge >= 0.3 is 0 Å². The Morgan fingerprint density at radius 3 is 1.79 bits per heavy atom. The van der Waals surface area contributed by atoms with Crippen LogP contribution in [-0.4, -0.2) is 33.1 Å². The molecule has 66 heavy (non-hydrogen) atoms. The molecule has 0 radical (unpaired) electrons. The molecular weight excluding hydrogens is 823 g/mol. The zero-order chi connectivity index (χ0) is 44.0. The number of nitrogens with zero attached hydrogens (tertiary/aromatic N) is 5. The maximum atomic E-state index is 6.63. The van der Waals surface area contributed by atoms with Crippen molar-refractivity contribution in [2.24, 2.45) is 0 Å². The third-order valence-corrected chi connectivity index (χ3v) is 20.1. The van der Waals surface area contributed by atoms with E-state index in [1.807, 2.05) is 6.07 Å². The zero-order valence-electron chi connectivity index (χ0n) is 37.0. The van der Waals surface area contributed by atoms with Crippen LogP contribution in [0.5, 0.6) is 0 Å². The minimum absolute atomic E-state index is 0.0704. The van der Waals surface area contributed by atoms with Crippen molar-refractivity contribution in [3.63, 3.8) is 0 Å². The summed E-state index contributed by atoms with van der Waals surface area (Å²) in [7, 11) is -3.05. The van der Waals surface area contributed by atoms with Crippen molar-refractivity contribution in [3.05, 3.63) is 206 Å². The maximum absolute atomic E-state index is 6.63.